The maximum atomic E-state index is 9.48. The molecule has 1 rings (SSSR count). The Hall–Kier alpha value is -0.900. The van der Waals surface area contributed by atoms with Gasteiger partial charge in [0.2, 0.25) is 0 Å². The Bertz CT molecular complexity index is 339. The van der Waals surface area contributed by atoms with Crippen LogP contribution in [0.25, 0.3) is 0 Å². The Balaban J connectivity index is 2.29. The van der Waals surface area contributed by atoms with Crippen molar-refractivity contribution < 1.29 is 9.84 Å². The van der Waals surface area contributed by atoms with Crippen LogP contribution in [-0.4, -0.2) is 31.5 Å². The first-order valence-corrected chi connectivity index (χ1v) is 6.08. The zero-order valence-corrected chi connectivity index (χ0v) is 11.0. The minimum atomic E-state index is -0.369. The molecule has 0 aliphatic carbocycles. The van der Waals surface area contributed by atoms with Crippen LogP contribution in [0.2, 0.25) is 0 Å². The van der Waals surface area contributed by atoms with E-state index < -0.39 is 0 Å². The first kappa shape index (κ1) is 14.2. The van der Waals surface area contributed by atoms with Crippen molar-refractivity contribution in [3.8, 4) is 0 Å². The SMILES string of the molecule is COCC(O)CCNCc1cccc(C)c1C. The van der Waals surface area contributed by atoms with E-state index in [1.165, 1.54) is 16.7 Å². The quantitative estimate of drug-likeness (QED) is 0.710. The summed E-state index contributed by atoms with van der Waals surface area (Å²) in [6, 6.07) is 6.35. The minimum absolute atomic E-state index is 0.369. The zero-order chi connectivity index (χ0) is 12.7. The summed E-state index contributed by atoms with van der Waals surface area (Å²) in [5.74, 6) is 0. The van der Waals surface area contributed by atoms with E-state index in [1.54, 1.807) is 7.11 Å². The lowest BCUT2D eigenvalue weighted by molar-refractivity contribution is 0.0594. The third kappa shape index (κ3) is 4.86. The highest BCUT2D eigenvalue weighted by molar-refractivity contribution is 5.32. The van der Waals surface area contributed by atoms with Crippen LogP contribution in [0.5, 0.6) is 0 Å². The van der Waals surface area contributed by atoms with Gasteiger partial charge >= 0.3 is 0 Å². The molecule has 0 amide bonds. The van der Waals surface area contributed by atoms with Gasteiger partial charge in [-0.3, -0.25) is 0 Å². The molecule has 1 aromatic rings. The highest BCUT2D eigenvalue weighted by atomic mass is 16.5. The van der Waals surface area contributed by atoms with Gasteiger partial charge in [0.1, 0.15) is 0 Å². The number of aryl methyl sites for hydroxylation is 1. The molecule has 3 nitrogen and oxygen atoms in total. The summed E-state index contributed by atoms with van der Waals surface area (Å²) in [5.41, 5.74) is 3.99. The van der Waals surface area contributed by atoms with E-state index in [0.29, 0.717) is 6.61 Å². The second kappa shape index (κ2) is 7.43. The molecule has 0 bridgehead atoms. The van der Waals surface area contributed by atoms with Crippen LogP contribution >= 0.6 is 0 Å². The number of aliphatic hydroxyl groups is 1. The number of nitrogens with one attached hydrogen (secondary N) is 1. The van der Waals surface area contributed by atoms with Gasteiger partial charge in [0.25, 0.3) is 0 Å². The van der Waals surface area contributed by atoms with Crippen molar-refractivity contribution in [2.24, 2.45) is 0 Å². The van der Waals surface area contributed by atoms with E-state index in [2.05, 4.69) is 37.4 Å². The van der Waals surface area contributed by atoms with Gasteiger partial charge in [0.05, 0.1) is 12.7 Å². The van der Waals surface area contributed by atoms with E-state index in [9.17, 15) is 5.11 Å². The molecule has 0 aromatic heterocycles. The number of methoxy groups -OCH3 is 1. The summed E-state index contributed by atoms with van der Waals surface area (Å²) < 4.78 is 4.88. The van der Waals surface area contributed by atoms with Crippen molar-refractivity contribution in [3.05, 3.63) is 34.9 Å². The van der Waals surface area contributed by atoms with Gasteiger partial charge in [-0.05, 0) is 43.5 Å². The molecule has 0 spiro atoms. The van der Waals surface area contributed by atoms with E-state index in [0.717, 1.165) is 19.5 Å². The Kier molecular flexibility index (Phi) is 6.19. The van der Waals surface area contributed by atoms with E-state index in [4.69, 9.17) is 4.74 Å². The van der Waals surface area contributed by atoms with Gasteiger partial charge in [0, 0.05) is 13.7 Å². The fraction of sp³-hybridized carbons (Fsp3) is 0.571. The standard InChI is InChI=1S/C14H23NO2/c1-11-5-4-6-13(12(11)2)9-15-8-7-14(16)10-17-3/h4-6,14-16H,7-10H2,1-3H3. The van der Waals surface area contributed by atoms with Crippen molar-refractivity contribution in [2.75, 3.05) is 20.3 Å². The van der Waals surface area contributed by atoms with Gasteiger partial charge < -0.3 is 15.2 Å². The Morgan fingerprint density at radius 2 is 2.12 bits per heavy atom. The first-order chi connectivity index (χ1) is 8.15. The third-order valence-corrected chi connectivity index (χ3v) is 3.05. The molecule has 17 heavy (non-hydrogen) atoms. The van der Waals surface area contributed by atoms with Crippen LogP contribution in [0.4, 0.5) is 0 Å². The molecule has 0 aliphatic rings. The van der Waals surface area contributed by atoms with Gasteiger partial charge in [-0.1, -0.05) is 18.2 Å². The van der Waals surface area contributed by atoms with Crippen molar-refractivity contribution in [1.29, 1.82) is 0 Å². The van der Waals surface area contributed by atoms with Crippen LogP contribution in [0.3, 0.4) is 0 Å². The van der Waals surface area contributed by atoms with Crippen LogP contribution in [-0.2, 0) is 11.3 Å². The lowest BCUT2D eigenvalue weighted by Crippen LogP contribution is -2.23. The highest BCUT2D eigenvalue weighted by Gasteiger charge is 2.03. The second-order valence-electron chi connectivity index (χ2n) is 4.43. The van der Waals surface area contributed by atoms with E-state index in [-0.39, 0.29) is 6.10 Å². The zero-order valence-electron chi connectivity index (χ0n) is 11.0. The molecular formula is C14H23NO2. The van der Waals surface area contributed by atoms with Crippen LogP contribution < -0.4 is 5.32 Å². The monoisotopic (exact) mass is 237 g/mol. The maximum absolute atomic E-state index is 9.48. The predicted molar refractivity (Wildman–Crippen MR) is 70.1 cm³/mol. The van der Waals surface area contributed by atoms with Gasteiger partial charge in [-0.15, -0.1) is 0 Å². The molecule has 2 N–H and O–H groups in total. The fourth-order valence-corrected chi connectivity index (χ4v) is 1.77. The number of rotatable bonds is 7. The molecule has 0 heterocycles. The Morgan fingerprint density at radius 1 is 1.35 bits per heavy atom. The molecule has 0 aliphatic heterocycles. The Morgan fingerprint density at radius 3 is 2.82 bits per heavy atom. The van der Waals surface area contributed by atoms with Crippen LogP contribution in [0.15, 0.2) is 18.2 Å². The minimum Gasteiger partial charge on any atom is -0.391 e. The molecule has 0 saturated heterocycles. The highest BCUT2D eigenvalue weighted by Crippen LogP contribution is 2.12. The lowest BCUT2D eigenvalue weighted by atomic mass is 10.0. The topological polar surface area (TPSA) is 41.5 Å². The van der Waals surface area contributed by atoms with Gasteiger partial charge in [-0.2, -0.15) is 0 Å². The van der Waals surface area contributed by atoms with E-state index in [1.807, 2.05) is 0 Å². The summed E-state index contributed by atoms with van der Waals surface area (Å²) in [7, 11) is 1.60. The van der Waals surface area contributed by atoms with Crippen molar-refractivity contribution in [1.82, 2.24) is 5.32 Å². The predicted octanol–water partition coefficient (Wildman–Crippen LogP) is 1.79. The number of ether oxygens (including phenoxy) is 1. The van der Waals surface area contributed by atoms with Crippen molar-refractivity contribution in [3.63, 3.8) is 0 Å². The summed E-state index contributed by atoms with van der Waals surface area (Å²) >= 11 is 0. The number of benzene rings is 1. The average Bonchev–Trinajstić information content (AvgIpc) is 2.30. The van der Waals surface area contributed by atoms with Gasteiger partial charge in [0.15, 0.2) is 0 Å². The molecule has 0 fully saturated rings. The summed E-state index contributed by atoms with van der Waals surface area (Å²) in [5, 5.41) is 12.8. The molecule has 1 atom stereocenters. The number of hydrogen-bond donors (Lipinski definition) is 2. The van der Waals surface area contributed by atoms with Gasteiger partial charge in [-0.25, -0.2) is 0 Å². The number of aliphatic hydroxyl groups excluding tert-OH is 1. The molecule has 1 unspecified atom stereocenters. The Labute approximate surface area is 104 Å². The smallest absolute Gasteiger partial charge is 0.0785 e. The summed E-state index contributed by atoms with van der Waals surface area (Å²) in [6.45, 7) is 6.34. The average molecular weight is 237 g/mol. The molecule has 1 aromatic carbocycles. The summed E-state index contributed by atoms with van der Waals surface area (Å²) in [6.07, 6.45) is 0.352. The van der Waals surface area contributed by atoms with Crippen molar-refractivity contribution >= 4 is 0 Å². The number of hydrogen-bond acceptors (Lipinski definition) is 3. The van der Waals surface area contributed by atoms with Crippen LogP contribution in [0.1, 0.15) is 23.1 Å². The molecule has 0 radical (unpaired) electrons. The van der Waals surface area contributed by atoms with E-state index >= 15 is 0 Å². The normalized spacial score (nSPS) is 12.7. The maximum Gasteiger partial charge on any atom is 0.0785 e. The largest absolute Gasteiger partial charge is 0.391 e. The molecule has 0 saturated carbocycles. The molecule has 3 heteroatoms. The molecule has 96 valence electrons. The molecular weight excluding hydrogens is 214 g/mol. The first-order valence-electron chi connectivity index (χ1n) is 6.08. The van der Waals surface area contributed by atoms with Crippen molar-refractivity contribution in [2.45, 2.75) is 32.9 Å². The van der Waals surface area contributed by atoms with Crippen LogP contribution in [0, 0.1) is 13.8 Å². The summed E-state index contributed by atoms with van der Waals surface area (Å²) in [4.78, 5) is 0. The third-order valence-electron chi connectivity index (χ3n) is 3.05. The lowest BCUT2D eigenvalue weighted by Gasteiger charge is -2.12. The fourth-order valence-electron chi connectivity index (χ4n) is 1.77. The second-order valence-corrected chi connectivity index (χ2v) is 4.43.